The second-order valence-corrected chi connectivity index (χ2v) is 14.6. The fourth-order valence-corrected chi connectivity index (χ4v) is 8.33. The summed E-state index contributed by atoms with van der Waals surface area (Å²) in [5, 5.41) is 6.42. The van der Waals surface area contributed by atoms with Crippen LogP contribution in [-0.2, 0) is 0 Å². The monoisotopic (exact) mass is 743 g/mol. The summed E-state index contributed by atoms with van der Waals surface area (Å²) in [5.74, 6) is 0. The Morgan fingerprint density at radius 2 is 0.879 bits per heavy atom. The molecule has 1 aromatic heterocycles. The van der Waals surface area contributed by atoms with Gasteiger partial charge in [0.15, 0.2) is 0 Å². The molecule has 0 aliphatic rings. The topological polar surface area (TPSA) is 16.4 Å². The van der Waals surface area contributed by atoms with E-state index in [1.54, 1.807) is 0 Å². The third kappa shape index (κ3) is 5.91. The first-order chi connectivity index (χ1) is 30.4. The highest BCUT2D eigenvalue weighted by atomic mass is 16.3. The van der Waals surface area contributed by atoms with Gasteiger partial charge in [-0.3, -0.25) is 0 Å². The Hall–Kier alpha value is -7.68. The predicted octanol–water partition coefficient (Wildman–Crippen LogP) is 16.0. The molecule has 58 heavy (non-hydrogen) atoms. The summed E-state index contributed by atoms with van der Waals surface area (Å²) in [5.41, 5.74) is 10.0. The van der Waals surface area contributed by atoms with E-state index in [1.165, 1.54) is 0 Å². The fraction of sp³-hybridized carbons (Fsp3) is 0. The van der Waals surface area contributed by atoms with Gasteiger partial charge in [0, 0.05) is 33.2 Å². The van der Waals surface area contributed by atoms with Crippen molar-refractivity contribution in [1.82, 2.24) is 0 Å². The molecule has 0 radical (unpaired) electrons. The fourth-order valence-electron chi connectivity index (χ4n) is 8.33. The molecule has 0 aliphatic carbocycles. The maximum Gasteiger partial charge on any atom is 0.143 e. The number of benzene rings is 10. The van der Waals surface area contributed by atoms with Crippen molar-refractivity contribution >= 4 is 60.5 Å². The smallest absolute Gasteiger partial charge is 0.143 e. The first-order valence-electron chi connectivity index (χ1n) is 21.5. The second kappa shape index (κ2) is 14.1. The Morgan fingerprint density at radius 1 is 0.345 bits per heavy atom. The highest BCUT2D eigenvalue weighted by Gasteiger charge is 2.18. The van der Waals surface area contributed by atoms with Crippen molar-refractivity contribution in [3.05, 3.63) is 224 Å². The number of furan rings is 1. The minimum Gasteiger partial charge on any atom is -0.455 e. The summed E-state index contributed by atoms with van der Waals surface area (Å²) in [6, 6.07) is 66.7. The molecular formula is C56H37NO. The first-order valence-corrected chi connectivity index (χ1v) is 19.5. The Bertz CT molecular complexity index is 3490. The van der Waals surface area contributed by atoms with Crippen LogP contribution in [0.2, 0.25) is 0 Å². The molecule has 2 heteroatoms. The van der Waals surface area contributed by atoms with E-state index in [9.17, 15) is 5.48 Å². The molecule has 11 aromatic rings. The molecule has 1 heterocycles. The highest BCUT2D eigenvalue weighted by molar-refractivity contribution is 6.19. The standard InChI is InChI=1S/C56H37NO/c1-2-12-38(13-3-1)39-26-28-40(29-27-39)41-30-33-46(34-31-41)57(47-19-8-17-44(36-47)50-23-10-16-42-14-4-6-21-49(42)50)48-20-9-18-45(37-48)51-24-11-25-54-55(51)53-35-32-43-15-5-7-22-52(43)56(53)58-54/h1-37H/i30D,31D,33D,34D. The van der Waals surface area contributed by atoms with Crippen LogP contribution >= 0.6 is 0 Å². The first kappa shape index (κ1) is 29.6. The number of hydrogen-bond acceptors (Lipinski definition) is 2. The lowest BCUT2D eigenvalue weighted by atomic mass is 9.96. The Labute approximate surface area is 343 Å². The van der Waals surface area contributed by atoms with Crippen LogP contribution in [0.25, 0.3) is 88.0 Å². The molecule has 272 valence electrons. The number of anilines is 3. The Balaban J connectivity index is 1.11. The summed E-state index contributed by atoms with van der Waals surface area (Å²) >= 11 is 0. The van der Waals surface area contributed by atoms with Crippen LogP contribution in [0.15, 0.2) is 229 Å². The Kier molecular flexibility index (Phi) is 7.20. The number of hydrogen-bond donors (Lipinski definition) is 0. The van der Waals surface area contributed by atoms with Gasteiger partial charge in [0.25, 0.3) is 0 Å². The van der Waals surface area contributed by atoms with Crippen LogP contribution in [0, 0.1) is 0 Å². The molecule has 0 N–H and O–H groups in total. The molecule has 2 nitrogen and oxygen atoms in total. The van der Waals surface area contributed by atoms with Gasteiger partial charge in [-0.15, -0.1) is 0 Å². The summed E-state index contributed by atoms with van der Waals surface area (Å²) in [7, 11) is 0. The highest BCUT2D eigenvalue weighted by Crippen LogP contribution is 2.43. The van der Waals surface area contributed by atoms with Crippen LogP contribution in [0.3, 0.4) is 0 Å². The third-order valence-corrected chi connectivity index (χ3v) is 11.1. The zero-order valence-electron chi connectivity index (χ0n) is 35.4. The van der Waals surface area contributed by atoms with E-state index in [0.717, 1.165) is 76.9 Å². The normalized spacial score (nSPS) is 12.4. The zero-order chi connectivity index (χ0) is 41.9. The maximum atomic E-state index is 9.67. The lowest BCUT2D eigenvalue weighted by Gasteiger charge is -2.27. The van der Waals surface area contributed by atoms with Gasteiger partial charge in [-0.1, -0.05) is 176 Å². The van der Waals surface area contributed by atoms with E-state index in [1.807, 2.05) is 120 Å². The van der Waals surface area contributed by atoms with Crippen molar-refractivity contribution in [2.75, 3.05) is 4.90 Å². The van der Waals surface area contributed by atoms with Gasteiger partial charge in [-0.05, 0) is 109 Å². The summed E-state index contributed by atoms with van der Waals surface area (Å²) in [6.07, 6.45) is 0. The molecule has 0 unspecified atom stereocenters. The van der Waals surface area contributed by atoms with E-state index < -0.39 is 0 Å². The lowest BCUT2D eigenvalue weighted by Crippen LogP contribution is -2.10. The lowest BCUT2D eigenvalue weighted by molar-refractivity contribution is 0.673. The molecule has 0 spiro atoms. The zero-order valence-corrected chi connectivity index (χ0v) is 31.4. The van der Waals surface area contributed by atoms with Crippen molar-refractivity contribution in [2.24, 2.45) is 0 Å². The summed E-state index contributed by atoms with van der Waals surface area (Å²) < 4.78 is 44.8. The van der Waals surface area contributed by atoms with Crippen LogP contribution < -0.4 is 4.90 Å². The van der Waals surface area contributed by atoms with Crippen molar-refractivity contribution in [2.45, 2.75) is 0 Å². The van der Waals surface area contributed by atoms with Gasteiger partial charge in [0.1, 0.15) is 11.2 Å². The van der Waals surface area contributed by atoms with E-state index in [-0.39, 0.29) is 35.4 Å². The van der Waals surface area contributed by atoms with Crippen molar-refractivity contribution in [3.63, 3.8) is 0 Å². The largest absolute Gasteiger partial charge is 0.455 e. The second-order valence-electron chi connectivity index (χ2n) is 14.6. The molecule has 0 amide bonds. The van der Waals surface area contributed by atoms with Gasteiger partial charge < -0.3 is 9.32 Å². The van der Waals surface area contributed by atoms with Gasteiger partial charge in [0.2, 0.25) is 0 Å². The van der Waals surface area contributed by atoms with E-state index in [4.69, 9.17) is 4.42 Å². The molecule has 0 aliphatic heterocycles. The molecular weight excluding hydrogens is 703 g/mol. The number of fused-ring (bicyclic) bond motifs is 6. The minimum atomic E-state index is -0.135. The molecule has 10 aromatic carbocycles. The van der Waals surface area contributed by atoms with E-state index >= 15 is 0 Å². The van der Waals surface area contributed by atoms with Crippen LogP contribution in [0.4, 0.5) is 17.1 Å². The van der Waals surface area contributed by atoms with Crippen LogP contribution in [-0.4, -0.2) is 0 Å². The summed E-state index contributed by atoms with van der Waals surface area (Å²) in [4.78, 5) is 1.88. The average Bonchev–Trinajstić information content (AvgIpc) is 3.72. The molecule has 0 bridgehead atoms. The molecule has 11 rings (SSSR count). The molecule has 0 saturated carbocycles. The van der Waals surface area contributed by atoms with Crippen molar-refractivity contribution < 1.29 is 9.90 Å². The summed E-state index contributed by atoms with van der Waals surface area (Å²) in [6.45, 7) is 0. The van der Waals surface area contributed by atoms with Gasteiger partial charge >= 0.3 is 0 Å². The molecule has 0 atom stereocenters. The third-order valence-electron chi connectivity index (χ3n) is 11.1. The van der Waals surface area contributed by atoms with Crippen LogP contribution in [0.5, 0.6) is 0 Å². The van der Waals surface area contributed by atoms with Gasteiger partial charge in [-0.2, -0.15) is 0 Å². The van der Waals surface area contributed by atoms with Crippen molar-refractivity contribution in [3.8, 4) is 44.5 Å². The SMILES string of the molecule is [2H]c1c([2H])c(N(c2cccc(-c3cccc4ccccc34)c2)c2cccc(-c3cccc4oc5c6ccccc6ccc5c34)c2)c([2H])c([2H])c1-c1ccc(-c2ccccc2)cc1. The Morgan fingerprint density at radius 3 is 1.62 bits per heavy atom. The number of rotatable bonds is 7. The maximum absolute atomic E-state index is 9.67. The average molecular weight is 744 g/mol. The van der Waals surface area contributed by atoms with Crippen molar-refractivity contribution in [1.29, 1.82) is 0 Å². The quantitative estimate of drug-likeness (QED) is 0.162. The van der Waals surface area contributed by atoms with E-state index in [0.29, 0.717) is 16.9 Å². The molecule has 0 saturated heterocycles. The van der Waals surface area contributed by atoms with Crippen LogP contribution in [0.1, 0.15) is 5.48 Å². The van der Waals surface area contributed by atoms with E-state index in [2.05, 4.69) is 84.9 Å². The van der Waals surface area contributed by atoms with Gasteiger partial charge in [0.05, 0.1) is 5.48 Å². The minimum absolute atomic E-state index is 0.110. The van der Waals surface area contributed by atoms with Gasteiger partial charge in [-0.25, -0.2) is 0 Å². The number of nitrogens with zero attached hydrogens (tertiary/aromatic N) is 1. The molecule has 0 fully saturated rings. The predicted molar refractivity (Wildman–Crippen MR) is 245 cm³/mol.